The van der Waals surface area contributed by atoms with E-state index >= 15 is 0 Å². The molecule has 0 aliphatic rings. The van der Waals surface area contributed by atoms with Gasteiger partial charge in [0.25, 0.3) is 0 Å². The van der Waals surface area contributed by atoms with Gasteiger partial charge in [-0.05, 0) is 35.6 Å². The third kappa shape index (κ3) is 3.83. The Labute approximate surface area is 116 Å². The third-order valence-electron chi connectivity index (χ3n) is 3.01. The molecule has 0 radical (unpaired) electrons. The molecule has 0 bridgehead atoms. The average Bonchev–Trinajstić information content (AvgIpc) is 2.92. The fraction of sp³-hybridized carbons (Fsp3) is 0.267. The van der Waals surface area contributed by atoms with Crippen LogP contribution < -0.4 is 4.74 Å². The summed E-state index contributed by atoms with van der Waals surface area (Å²) in [6.07, 6.45) is 0.892. The van der Waals surface area contributed by atoms with E-state index in [1.807, 2.05) is 41.8 Å². The molecule has 0 fully saturated rings. The number of carbonyl (C=O) groups is 1. The number of hydrogen-bond donors (Lipinski definition) is 1. The molecule has 0 amide bonds. The van der Waals surface area contributed by atoms with E-state index in [2.05, 4.69) is 0 Å². The van der Waals surface area contributed by atoms with Crippen LogP contribution in [0.5, 0.6) is 5.75 Å². The number of methoxy groups -OCH3 is 1. The van der Waals surface area contributed by atoms with Crippen LogP contribution in [0, 0.1) is 0 Å². The van der Waals surface area contributed by atoms with Crippen molar-refractivity contribution in [1.29, 1.82) is 0 Å². The van der Waals surface area contributed by atoms with Gasteiger partial charge in [0.15, 0.2) is 0 Å². The molecule has 0 aliphatic carbocycles. The monoisotopic (exact) mass is 276 g/mol. The Hall–Kier alpha value is -1.81. The third-order valence-corrected chi connectivity index (χ3v) is 4.04. The Morgan fingerprint density at radius 2 is 2.05 bits per heavy atom. The Balaban J connectivity index is 2.12. The first-order valence-electron chi connectivity index (χ1n) is 6.07. The second-order valence-electron chi connectivity index (χ2n) is 4.36. The molecule has 4 heteroatoms. The Kier molecular flexibility index (Phi) is 4.58. The number of aliphatic carboxylic acids is 1. The number of rotatable bonds is 6. The summed E-state index contributed by atoms with van der Waals surface area (Å²) in [6.45, 7) is 0. The zero-order chi connectivity index (χ0) is 13.7. The fourth-order valence-corrected chi connectivity index (χ4v) is 2.88. The standard InChI is InChI=1S/C15H16O3S/c1-18-13-6-4-11(5-7-13)9-12(10-15(16)17)14-3-2-8-19-14/h2-8,12H,9-10H2,1H3,(H,16,17). The Bertz CT molecular complexity index is 517. The molecule has 1 aromatic heterocycles. The molecule has 1 aromatic carbocycles. The summed E-state index contributed by atoms with van der Waals surface area (Å²) < 4.78 is 5.12. The normalized spacial score (nSPS) is 12.1. The van der Waals surface area contributed by atoms with Gasteiger partial charge in [-0.1, -0.05) is 18.2 Å². The predicted octanol–water partition coefficient (Wildman–Crippen LogP) is 3.56. The SMILES string of the molecule is COc1ccc(CC(CC(=O)O)c2cccs2)cc1. The van der Waals surface area contributed by atoms with Crippen molar-refractivity contribution in [2.24, 2.45) is 0 Å². The summed E-state index contributed by atoms with van der Waals surface area (Å²) >= 11 is 1.61. The molecule has 100 valence electrons. The maximum atomic E-state index is 11.0. The maximum absolute atomic E-state index is 11.0. The van der Waals surface area contributed by atoms with Crippen LogP contribution in [-0.2, 0) is 11.2 Å². The number of hydrogen-bond acceptors (Lipinski definition) is 3. The summed E-state index contributed by atoms with van der Waals surface area (Å²) in [5.74, 6) is 0.0902. The van der Waals surface area contributed by atoms with E-state index in [-0.39, 0.29) is 12.3 Å². The first-order valence-corrected chi connectivity index (χ1v) is 6.95. The summed E-state index contributed by atoms with van der Waals surface area (Å²) in [5, 5.41) is 11.0. The van der Waals surface area contributed by atoms with Crippen molar-refractivity contribution in [2.75, 3.05) is 7.11 Å². The van der Waals surface area contributed by atoms with E-state index in [1.165, 1.54) is 0 Å². The van der Waals surface area contributed by atoms with Gasteiger partial charge in [-0.3, -0.25) is 4.79 Å². The molecule has 2 rings (SSSR count). The van der Waals surface area contributed by atoms with Crippen molar-refractivity contribution >= 4 is 17.3 Å². The van der Waals surface area contributed by atoms with Gasteiger partial charge >= 0.3 is 5.97 Å². The minimum absolute atomic E-state index is 0.0332. The largest absolute Gasteiger partial charge is 0.497 e. The number of carboxylic acid groups (broad SMARTS) is 1. The molecule has 1 heterocycles. The van der Waals surface area contributed by atoms with Crippen molar-refractivity contribution in [3.8, 4) is 5.75 Å². The van der Waals surface area contributed by atoms with E-state index in [9.17, 15) is 4.79 Å². The number of thiophene rings is 1. The lowest BCUT2D eigenvalue weighted by Gasteiger charge is -2.13. The van der Waals surface area contributed by atoms with Crippen molar-refractivity contribution < 1.29 is 14.6 Å². The minimum Gasteiger partial charge on any atom is -0.497 e. The lowest BCUT2D eigenvalue weighted by Crippen LogP contribution is -2.08. The van der Waals surface area contributed by atoms with Crippen LogP contribution in [0.1, 0.15) is 22.8 Å². The van der Waals surface area contributed by atoms with Crippen molar-refractivity contribution in [3.05, 3.63) is 52.2 Å². The van der Waals surface area contributed by atoms with Gasteiger partial charge in [0.2, 0.25) is 0 Å². The predicted molar refractivity (Wildman–Crippen MR) is 76.0 cm³/mol. The highest BCUT2D eigenvalue weighted by atomic mass is 32.1. The fourth-order valence-electron chi connectivity index (χ4n) is 2.05. The molecule has 1 atom stereocenters. The van der Waals surface area contributed by atoms with Gasteiger partial charge in [0.1, 0.15) is 5.75 Å². The molecular weight excluding hydrogens is 260 g/mol. The maximum Gasteiger partial charge on any atom is 0.304 e. The van der Waals surface area contributed by atoms with Gasteiger partial charge in [0.05, 0.1) is 13.5 Å². The van der Waals surface area contributed by atoms with Gasteiger partial charge in [-0.15, -0.1) is 11.3 Å². The zero-order valence-corrected chi connectivity index (χ0v) is 11.5. The highest BCUT2D eigenvalue weighted by Crippen LogP contribution is 2.28. The number of benzene rings is 1. The lowest BCUT2D eigenvalue weighted by molar-refractivity contribution is -0.137. The molecule has 3 nitrogen and oxygen atoms in total. The highest BCUT2D eigenvalue weighted by molar-refractivity contribution is 7.10. The van der Waals surface area contributed by atoms with Gasteiger partial charge in [-0.25, -0.2) is 0 Å². The Morgan fingerprint density at radius 1 is 1.32 bits per heavy atom. The van der Waals surface area contributed by atoms with E-state index in [0.29, 0.717) is 0 Å². The first-order chi connectivity index (χ1) is 9.19. The van der Waals surface area contributed by atoms with Crippen LogP contribution in [-0.4, -0.2) is 18.2 Å². The van der Waals surface area contributed by atoms with Crippen LogP contribution >= 0.6 is 11.3 Å². The molecule has 0 spiro atoms. The summed E-state index contributed by atoms with van der Waals surface area (Å²) in [4.78, 5) is 12.1. The zero-order valence-electron chi connectivity index (χ0n) is 10.7. The summed E-state index contributed by atoms with van der Waals surface area (Å²) in [7, 11) is 1.63. The highest BCUT2D eigenvalue weighted by Gasteiger charge is 2.17. The quantitative estimate of drug-likeness (QED) is 0.877. The van der Waals surface area contributed by atoms with Crippen LogP contribution in [0.3, 0.4) is 0 Å². The van der Waals surface area contributed by atoms with Crippen LogP contribution in [0.25, 0.3) is 0 Å². The van der Waals surface area contributed by atoms with Crippen molar-refractivity contribution in [1.82, 2.24) is 0 Å². The van der Waals surface area contributed by atoms with Crippen LogP contribution in [0.15, 0.2) is 41.8 Å². The average molecular weight is 276 g/mol. The van der Waals surface area contributed by atoms with Gasteiger partial charge in [0, 0.05) is 10.8 Å². The smallest absolute Gasteiger partial charge is 0.304 e. The second kappa shape index (κ2) is 6.38. The number of ether oxygens (including phenoxy) is 1. The summed E-state index contributed by atoms with van der Waals surface area (Å²) in [5.41, 5.74) is 1.13. The number of carboxylic acids is 1. The lowest BCUT2D eigenvalue weighted by atomic mass is 9.95. The van der Waals surface area contributed by atoms with Crippen molar-refractivity contribution in [2.45, 2.75) is 18.8 Å². The first kappa shape index (κ1) is 13.6. The van der Waals surface area contributed by atoms with Gasteiger partial charge < -0.3 is 9.84 Å². The molecule has 0 saturated heterocycles. The molecule has 2 aromatic rings. The Morgan fingerprint density at radius 3 is 2.58 bits per heavy atom. The van der Waals surface area contributed by atoms with Gasteiger partial charge in [-0.2, -0.15) is 0 Å². The molecule has 1 unspecified atom stereocenters. The van der Waals surface area contributed by atoms with E-state index in [1.54, 1.807) is 18.4 Å². The van der Waals surface area contributed by atoms with E-state index in [0.717, 1.165) is 22.6 Å². The van der Waals surface area contributed by atoms with E-state index < -0.39 is 5.97 Å². The topological polar surface area (TPSA) is 46.5 Å². The second-order valence-corrected chi connectivity index (χ2v) is 5.34. The van der Waals surface area contributed by atoms with Crippen LogP contribution in [0.2, 0.25) is 0 Å². The summed E-state index contributed by atoms with van der Waals surface area (Å²) in [6, 6.07) is 11.7. The molecular formula is C15H16O3S. The molecule has 19 heavy (non-hydrogen) atoms. The molecule has 0 saturated carbocycles. The van der Waals surface area contributed by atoms with E-state index in [4.69, 9.17) is 9.84 Å². The molecule has 0 aliphatic heterocycles. The van der Waals surface area contributed by atoms with Crippen LogP contribution in [0.4, 0.5) is 0 Å². The minimum atomic E-state index is -0.757. The van der Waals surface area contributed by atoms with Crippen molar-refractivity contribution in [3.63, 3.8) is 0 Å². The molecule has 1 N–H and O–H groups in total.